The summed E-state index contributed by atoms with van der Waals surface area (Å²) in [6.07, 6.45) is 1.13. The zero-order valence-corrected chi connectivity index (χ0v) is 11.6. The molecule has 0 saturated heterocycles. The molecule has 2 rings (SSSR count). The van der Waals surface area contributed by atoms with Crippen molar-refractivity contribution in [2.45, 2.75) is 25.4 Å². The molecule has 3 heteroatoms. The van der Waals surface area contributed by atoms with Gasteiger partial charge in [0, 0.05) is 25.7 Å². The van der Waals surface area contributed by atoms with E-state index in [2.05, 4.69) is 48.5 Å². The summed E-state index contributed by atoms with van der Waals surface area (Å²) >= 11 is 0. The van der Waals surface area contributed by atoms with Gasteiger partial charge in [-0.25, -0.2) is 0 Å². The summed E-state index contributed by atoms with van der Waals surface area (Å²) in [6.45, 7) is 4.96. The molecule has 1 aliphatic rings. The van der Waals surface area contributed by atoms with Crippen LogP contribution in [-0.4, -0.2) is 44.8 Å². The highest BCUT2D eigenvalue weighted by atomic mass is 16.5. The van der Waals surface area contributed by atoms with Gasteiger partial charge in [0.15, 0.2) is 0 Å². The number of benzene rings is 1. The third-order valence-corrected chi connectivity index (χ3v) is 3.84. The summed E-state index contributed by atoms with van der Waals surface area (Å²) in [4.78, 5) is 2.41. The number of rotatable bonds is 6. The van der Waals surface area contributed by atoms with Crippen LogP contribution in [0.4, 0.5) is 0 Å². The van der Waals surface area contributed by atoms with Gasteiger partial charge in [0.2, 0.25) is 0 Å². The van der Waals surface area contributed by atoms with Gasteiger partial charge in [-0.2, -0.15) is 0 Å². The maximum atomic E-state index is 5.18. The lowest BCUT2D eigenvalue weighted by Crippen LogP contribution is -2.42. The van der Waals surface area contributed by atoms with Crippen molar-refractivity contribution in [3.05, 3.63) is 35.4 Å². The number of hydrogen-bond donors (Lipinski definition) is 1. The maximum Gasteiger partial charge on any atom is 0.0589 e. The lowest BCUT2D eigenvalue weighted by molar-refractivity contribution is 0.127. The van der Waals surface area contributed by atoms with Crippen LogP contribution >= 0.6 is 0 Å². The second-order valence-corrected chi connectivity index (χ2v) is 4.98. The number of likely N-dealkylation sites (N-methyl/N-ethyl adjacent to an activating group) is 2. The second kappa shape index (κ2) is 6.32. The Kier molecular flexibility index (Phi) is 4.75. The molecule has 1 aliphatic carbocycles. The Balaban J connectivity index is 2.12. The summed E-state index contributed by atoms with van der Waals surface area (Å²) in [7, 11) is 3.96. The van der Waals surface area contributed by atoms with E-state index >= 15 is 0 Å². The smallest absolute Gasteiger partial charge is 0.0589 e. The van der Waals surface area contributed by atoms with E-state index in [0.717, 1.165) is 26.1 Å². The predicted octanol–water partition coefficient (Wildman–Crippen LogP) is 1.84. The summed E-state index contributed by atoms with van der Waals surface area (Å²) < 4.78 is 5.18. The van der Waals surface area contributed by atoms with Crippen LogP contribution in [0.15, 0.2) is 24.3 Å². The fourth-order valence-corrected chi connectivity index (χ4v) is 2.85. The van der Waals surface area contributed by atoms with E-state index < -0.39 is 0 Å². The maximum absolute atomic E-state index is 5.18. The highest BCUT2D eigenvalue weighted by Gasteiger charge is 2.33. The molecule has 0 bridgehead atoms. The Hall–Kier alpha value is -0.900. The number of fused-ring (bicyclic) bond motifs is 1. The van der Waals surface area contributed by atoms with Crippen molar-refractivity contribution in [2.24, 2.45) is 0 Å². The number of methoxy groups -OCH3 is 1. The van der Waals surface area contributed by atoms with Crippen LogP contribution < -0.4 is 5.32 Å². The molecule has 2 atom stereocenters. The SMILES string of the molecule is CCNC1c2ccccc2CC1N(C)CCOC. The van der Waals surface area contributed by atoms with Crippen LogP contribution in [0, 0.1) is 0 Å². The molecule has 0 amide bonds. The van der Waals surface area contributed by atoms with Gasteiger partial charge in [-0.15, -0.1) is 0 Å². The standard InChI is InChI=1S/C15H24N2O/c1-4-16-15-13-8-6-5-7-12(13)11-14(15)17(2)9-10-18-3/h5-8,14-16H,4,9-11H2,1-3H3. The predicted molar refractivity (Wildman–Crippen MR) is 74.9 cm³/mol. The van der Waals surface area contributed by atoms with Crippen molar-refractivity contribution >= 4 is 0 Å². The number of nitrogens with zero attached hydrogens (tertiary/aromatic N) is 1. The Morgan fingerprint density at radius 3 is 2.89 bits per heavy atom. The van der Waals surface area contributed by atoms with Crippen molar-refractivity contribution in [1.82, 2.24) is 10.2 Å². The van der Waals surface area contributed by atoms with Crippen molar-refractivity contribution in [1.29, 1.82) is 0 Å². The summed E-state index contributed by atoms with van der Waals surface area (Å²) in [6, 6.07) is 9.78. The highest BCUT2D eigenvalue weighted by molar-refractivity contribution is 5.37. The van der Waals surface area contributed by atoms with E-state index in [4.69, 9.17) is 4.74 Å². The van der Waals surface area contributed by atoms with Crippen LogP contribution in [0.5, 0.6) is 0 Å². The first kappa shape index (κ1) is 13.5. The van der Waals surface area contributed by atoms with Gasteiger partial charge in [-0.3, -0.25) is 4.90 Å². The van der Waals surface area contributed by atoms with Crippen molar-refractivity contribution in [3.8, 4) is 0 Å². The van der Waals surface area contributed by atoms with E-state index in [0.29, 0.717) is 12.1 Å². The fraction of sp³-hybridized carbons (Fsp3) is 0.600. The molecule has 3 nitrogen and oxygen atoms in total. The molecule has 0 radical (unpaired) electrons. The second-order valence-electron chi connectivity index (χ2n) is 4.98. The third kappa shape index (κ3) is 2.74. The Morgan fingerprint density at radius 2 is 2.17 bits per heavy atom. The molecule has 100 valence electrons. The molecule has 18 heavy (non-hydrogen) atoms. The quantitative estimate of drug-likeness (QED) is 0.831. The van der Waals surface area contributed by atoms with Crippen molar-refractivity contribution < 1.29 is 4.74 Å². The molecule has 1 N–H and O–H groups in total. The Morgan fingerprint density at radius 1 is 1.39 bits per heavy atom. The van der Waals surface area contributed by atoms with Gasteiger partial charge >= 0.3 is 0 Å². The van der Waals surface area contributed by atoms with E-state index in [1.54, 1.807) is 7.11 Å². The average molecular weight is 248 g/mol. The first-order chi connectivity index (χ1) is 8.77. The minimum absolute atomic E-state index is 0.452. The zero-order chi connectivity index (χ0) is 13.0. The summed E-state index contributed by atoms with van der Waals surface area (Å²) in [5.41, 5.74) is 2.95. The molecule has 0 aliphatic heterocycles. The summed E-state index contributed by atoms with van der Waals surface area (Å²) in [5, 5.41) is 3.63. The van der Waals surface area contributed by atoms with Gasteiger partial charge < -0.3 is 10.1 Å². The molecule has 0 spiro atoms. The molecular formula is C15H24N2O. The molecule has 0 fully saturated rings. The van der Waals surface area contributed by atoms with Crippen LogP contribution in [0.3, 0.4) is 0 Å². The van der Waals surface area contributed by atoms with E-state index in [-0.39, 0.29) is 0 Å². The van der Waals surface area contributed by atoms with E-state index in [1.807, 2.05) is 0 Å². The fourth-order valence-electron chi connectivity index (χ4n) is 2.85. The van der Waals surface area contributed by atoms with Crippen molar-refractivity contribution in [2.75, 3.05) is 33.9 Å². The van der Waals surface area contributed by atoms with Crippen LogP contribution in [0.1, 0.15) is 24.1 Å². The van der Waals surface area contributed by atoms with Crippen LogP contribution in [0.25, 0.3) is 0 Å². The average Bonchev–Trinajstić information content (AvgIpc) is 2.76. The van der Waals surface area contributed by atoms with Gasteiger partial charge in [-0.1, -0.05) is 31.2 Å². The topological polar surface area (TPSA) is 24.5 Å². The van der Waals surface area contributed by atoms with Crippen molar-refractivity contribution in [3.63, 3.8) is 0 Å². The van der Waals surface area contributed by atoms with Crippen LogP contribution in [-0.2, 0) is 11.2 Å². The molecular weight excluding hydrogens is 224 g/mol. The van der Waals surface area contributed by atoms with E-state index in [1.165, 1.54) is 11.1 Å². The largest absolute Gasteiger partial charge is 0.383 e. The molecule has 1 aromatic rings. The normalized spacial score (nSPS) is 22.4. The third-order valence-electron chi connectivity index (χ3n) is 3.84. The summed E-state index contributed by atoms with van der Waals surface area (Å²) in [5.74, 6) is 0. The van der Waals surface area contributed by atoms with Gasteiger partial charge in [0.05, 0.1) is 6.61 Å². The van der Waals surface area contributed by atoms with Crippen LogP contribution in [0.2, 0.25) is 0 Å². The lowest BCUT2D eigenvalue weighted by Gasteiger charge is -2.30. The van der Waals surface area contributed by atoms with Gasteiger partial charge in [-0.05, 0) is 31.1 Å². The molecule has 0 saturated carbocycles. The first-order valence-corrected chi connectivity index (χ1v) is 6.78. The lowest BCUT2D eigenvalue weighted by atomic mass is 10.1. The first-order valence-electron chi connectivity index (χ1n) is 6.78. The zero-order valence-electron chi connectivity index (χ0n) is 11.6. The minimum atomic E-state index is 0.452. The number of nitrogens with one attached hydrogen (secondary N) is 1. The minimum Gasteiger partial charge on any atom is -0.383 e. The highest BCUT2D eigenvalue weighted by Crippen LogP contribution is 2.33. The monoisotopic (exact) mass is 248 g/mol. The molecule has 0 heterocycles. The Labute approximate surface area is 110 Å². The molecule has 0 aromatic heterocycles. The Bertz CT molecular complexity index is 381. The van der Waals surface area contributed by atoms with Gasteiger partial charge in [0.1, 0.15) is 0 Å². The number of ether oxygens (including phenoxy) is 1. The molecule has 2 unspecified atom stereocenters. The van der Waals surface area contributed by atoms with E-state index in [9.17, 15) is 0 Å². The molecule has 1 aromatic carbocycles. The number of hydrogen-bond acceptors (Lipinski definition) is 3. The van der Waals surface area contributed by atoms with Gasteiger partial charge in [0.25, 0.3) is 0 Å².